The van der Waals surface area contributed by atoms with Crippen LogP contribution in [0.2, 0.25) is 10.0 Å². The Kier molecular flexibility index (Phi) is 6.09. The lowest BCUT2D eigenvalue weighted by Crippen LogP contribution is -2.59. The van der Waals surface area contributed by atoms with Crippen LogP contribution in [0.5, 0.6) is 0 Å². The third-order valence-corrected chi connectivity index (χ3v) is 8.94. The summed E-state index contributed by atoms with van der Waals surface area (Å²) in [5.74, 6) is 0.0390. The number of hydrogen-bond donors (Lipinski definition) is 1. The minimum absolute atomic E-state index is 0.0390. The van der Waals surface area contributed by atoms with Crippen molar-refractivity contribution in [3.63, 3.8) is 0 Å². The number of benzene rings is 2. The Morgan fingerprint density at radius 3 is 2.32 bits per heavy atom. The van der Waals surface area contributed by atoms with E-state index in [4.69, 9.17) is 23.2 Å². The van der Waals surface area contributed by atoms with Gasteiger partial charge in [0.1, 0.15) is 0 Å². The van der Waals surface area contributed by atoms with Gasteiger partial charge < -0.3 is 4.90 Å². The molecule has 2 fully saturated rings. The second-order valence-electron chi connectivity index (χ2n) is 8.17. The molecule has 0 unspecified atom stereocenters. The van der Waals surface area contributed by atoms with Gasteiger partial charge in [0, 0.05) is 13.1 Å². The maximum Gasteiger partial charge on any atom is 0.243 e. The molecule has 2 aromatic rings. The molecule has 2 aliphatic rings. The Hall–Kier alpha value is -1.64. The highest BCUT2D eigenvalue weighted by Crippen LogP contribution is 2.40. The molecule has 9 heteroatoms. The number of rotatable bonds is 4. The van der Waals surface area contributed by atoms with E-state index in [1.54, 1.807) is 0 Å². The Morgan fingerprint density at radius 1 is 1.06 bits per heavy atom. The molecular weight excluding hydrogens is 457 g/mol. The van der Waals surface area contributed by atoms with Crippen LogP contribution in [0.25, 0.3) is 0 Å². The number of piperidine rings is 1. The monoisotopic (exact) mass is 481 g/mol. The Morgan fingerprint density at radius 2 is 1.71 bits per heavy atom. The molecule has 2 aliphatic heterocycles. The molecule has 0 aliphatic carbocycles. The first-order chi connectivity index (χ1) is 14.7. The predicted octanol–water partition coefficient (Wildman–Crippen LogP) is 4.06. The van der Waals surface area contributed by atoms with E-state index < -0.39 is 15.7 Å². The molecule has 1 amide bonds. The maximum absolute atomic E-state index is 13.1. The van der Waals surface area contributed by atoms with E-state index in [1.165, 1.54) is 22.5 Å². The lowest BCUT2D eigenvalue weighted by molar-refractivity contribution is -0.136. The minimum Gasteiger partial charge on any atom is -0.316 e. The zero-order chi connectivity index (χ0) is 22.4. The SMILES string of the molecule is C[C@H]1NC2(CCN(S(=O)(=O)c3ccc(Cl)c(Cl)c3)CC2)N([C@@H](C)c2ccccc2)C1=O. The number of amides is 1. The topological polar surface area (TPSA) is 69.7 Å². The standard InChI is InChI=1S/C22H25Cl2N3O3S/c1-15-21(28)27(16(2)17-6-4-3-5-7-17)22(25-15)10-12-26(13-11-22)31(29,30)18-8-9-19(23)20(24)14-18/h3-9,14-16,25H,10-13H2,1-2H3/t15-,16+/m1/s1. The summed E-state index contributed by atoms with van der Waals surface area (Å²) in [7, 11) is -3.71. The van der Waals surface area contributed by atoms with Crippen LogP contribution in [0.3, 0.4) is 0 Å². The molecule has 1 spiro atoms. The molecule has 166 valence electrons. The maximum atomic E-state index is 13.1. The number of carbonyl (C=O) groups is 1. The van der Waals surface area contributed by atoms with Gasteiger partial charge in [-0.25, -0.2) is 8.42 Å². The lowest BCUT2D eigenvalue weighted by Gasteiger charge is -2.46. The quantitative estimate of drug-likeness (QED) is 0.714. The van der Waals surface area contributed by atoms with E-state index >= 15 is 0 Å². The Labute approximate surface area is 193 Å². The fourth-order valence-electron chi connectivity index (χ4n) is 4.66. The van der Waals surface area contributed by atoms with Crippen LogP contribution in [0.1, 0.15) is 38.3 Å². The van der Waals surface area contributed by atoms with Gasteiger partial charge in [0.25, 0.3) is 0 Å². The van der Waals surface area contributed by atoms with Crippen LogP contribution in [0.4, 0.5) is 0 Å². The first kappa shape index (κ1) is 22.6. The van der Waals surface area contributed by atoms with E-state index in [9.17, 15) is 13.2 Å². The fraction of sp³-hybridized carbons (Fsp3) is 0.409. The molecule has 0 saturated carbocycles. The molecule has 2 atom stereocenters. The van der Waals surface area contributed by atoms with E-state index in [0.717, 1.165) is 5.56 Å². The van der Waals surface area contributed by atoms with E-state index in [-0.39, 0.29) is 27.9 Å². The molecule has 4 rings (SSSR count). The van der Waals surface area contributed by atoms with Gasteiger partial charge in [0.15, 0.2) is 0 Å². The Bertz CT molecular complexity index is 1090. The molecule has 6 nitrogen and oxygen atoms in total. The molecule has 0 bridgehead atoms. The average Bonchev–Trinajstić information content (AvgIpc) is 2.99. The van der Waals surface area contributed by atoms with Crippen LogP contribution in [-0.2, 0) is 14.8 Å². The van der Waals surface area contributed by atoms with Crippen molar-refractivity contribution in [3.05, 3.63) is 64.1 Å². The fourth-order valence-corrected chi connectivity index (χ4v) is 6.50. The molecule has 2 heterocycles. The highest BCUT2D eigenvalue weighted by atomic mass is 35.5. The van der Waals surface area contributed by atoms with Gasteiger partial charge in [-0.2, -0.15) is 4.31 Å². The summed E-state index contributed by atoms with van der Waals surface area (Å²) in [5, 5.41) is 3.98. The highest BCUT2D eigenvalue weighted by molar-refractivity contribution is 7.89. The summed E-state index contributed by atoms with van der Waals surface area (Å²) in [6.07, 6.45) is 1.00. The van der Waals surface area contributed by atoms with E-state index in [1.807, 2.05) is 49.1 Å². The average molecular weight is 482 g/mol. The van der Waals surface area contributed by atoms with Crippen molar-refractivity contribution in [1.29, 1.82) is 0 Å². The molecule has 0 radical (unpaired) electrons. The number of carbonyl (C=O) groups excluding carboxylic acids is 1. The smallest absolute Gasteiger partial charge is 0.243 e. The summed E-state index contributed by atoms with van der Waals surface area (Å²) in [4.78, 5) is 15.1. The number of nitrogens with one attached hydrogen (secondary N) is 1. The first-order valence-corrected chi connectivity index (χ1v) is 12.5. The van der Waals surface area contributed by atoms with Crippen molar-refractivity contribution in [3.8, 4) is 0 Å². The van der Waals surface area contributed by atoms with Crippen molar-refractivity contribution in [1.82, 2.24) is 14.5 Å². The zero-order valence-electron chi connectivity index (χ0n) is 17.4. The zero-order valence-corrected chi connectivity index (χ0v) is 19.7. The number of halogens is 2. The second kappa shape index (κ2) is 8.37. The van der Waals surface area contributed by atoms with Crippen molar-refractivity contribution >= 4 is 39.1 Å². The molecule has 0 aromatic heterocycles. The Balaban J connectivity index is 1.58. The summed E-state index contributed by atoms with van der Waals surface area (Å²) in [6.45, 7) is 4.48. The summed E-state index contributed by atoms with van der Waals surface area (Å²) >= 11 is 12.0. The lowest BCUT2D eigenvalue weighted by atomic mass is 9.94. The van der Waals surface area contributed by atoms with Crippen molar-refractivity contribution in [2.45, 2.75) is 49.3 Å². The first-order valence-electron chi connectivity index (χ1n) is 10.3. The number of nitrogens with zero attached hydrogens (tertiary/aromatic N) is 2. The van der Waals surface area contributed by atoms with E-state index in [2.05, 4.69) is 5.32 Å². The van der Waals surface area contributed by atoms with Crippen LogP contribution >= 0.6 is 23.2 Å². The molecular formula is C22H25Cl2N3O3S. The van der Waals surface area contributed by atoms with Gasteiger partial charge in [0.2, 0.25) is 15.9 Å². The predicted molar refractivity (Wildman–Crippen MR) is 121 cm³/mol. The van der Waals surface area contributed by atoms with Crippen LogP contribution in [0.15, 0.2) is 53.4 Å². The van der Waals surface area contributed by atoms with Crippen LogP contribution in [0, 0.1) is 0 Å². The van der Waals surface area contributed by atoms with Gasteiger partial charge in [-0.05, 0) is 50.5 Å². The molecule has 1 N–H and O–H groups in total. The summed E-state index contributed by atoms with van der Waals surface area (Å²) < 4.78 is 27.7. The molecule has 2 saturated heterocycles. The van der Waals surface area contributed by atoms with Crippen molar-refractivity contribution < 1.29 is 13.2 Å². The minimum atomic E-state index is -3.71. The number of sulfonamides is 1. The van der Waals surface area contributed by atoms with Gasteiger partial charge in [-0.1, -0.05) is 53.5 Å². The highest BCUT2D eigenvalue weighted by Gasteiger charge is 2.52. The summed E-state index contributed by atoms with van der Waals surface area (Å²) in [6, 6.07) is 13.8. The van der Waals surface area contributed by atoms with Gasteiger partial charge >= 0.3 is 0 Å². The third-order valence-electron chi connectivity index (χ3n) is 6.30. The normalized spacial score (nSPS) is 22.8. The van der Waals surface area contributed by atoms with E-state index in [0.29, 0.717) is 31.0 Å². The van der Waals surface area contributed by atoms with Crippen LogP contribution in [-0.4, -0.2) is 48.3 Å². The van der Waals surface area contributed by atoms with Gasteiger partial charge in [-0.15, -0.1) is 0 Å². The summed E-state index contributed by atoms with van der Waals surface area (Å²) in [5.41, 5.74) is 0.479. The number of hydrogen-bond acceptors (Lipinski definition) is 4. The second-order valence-corrected chi connectivity index (χ2v) is 10.9. The van der Waals surface area contributed by atoms with Gasteiger partial charge in [-0.3, -0.25) is 10.1 Å². The third kappa shape index (κ3) is 3.98. The van der Waals surface area contributed by atoms with Gasteiger partial charge in [0.05, 0.1) is 32.7 Å². The molecule has 31 heavy (non-hydrogen) atoms. The van der Waals surface area contributed by atoms with Crippen molar-refractivity contribution in [2.75, 3.05) is 13.1 Å². The molecule has 2 aromatic carbocycles. The van der Waals surface area contributed by atoms with Crippen LogP contribution < -0.4 is 5.32 Å². The largest absolute Gasteiger partial charge is 0.316 e. The van der Waals surface area contributed by atoms with Crippen molar-refractivity contribution in [2.24, 2.45) is 0 Å².